The maximum Gasteiger partial charge on any atom is 0.339 e. The van der Waals surface area contributed by atoms with Crippen LogP contribution in [0.2, 0.25) is 0 Å². The molecule has 1 rings (SSSR count). The fraction of sp³-hybridized carbons (Fsp3) is 0.385. The Morgan fingerprint density at radius 1 is 1.37 bits per heavy atom. The molecule has 0 aliphatic rings. The van der Waals surface area contributed by atoms with Gasteiger partial charge in [-0.05, 0) is 24.6 Å². The summed E-state index contributed by atoms with van der Waals surface area (Å²) in [7, 11) is 1.54. The molecule has 0 fully saturated rings. The second-order valence-electron chi connectivity index (χ2n) is 3.94. The normalized spacial score (nSPS) is 10.0. The van der Waals surface area contributed by atoms with Crippen LogP contribution >= 0.6 is 0 Å². The number of nitrogens with one attached hydrogen (secondary N) is 1. The number of benzene rings is 1. The Balaban J connectivity index is 2.59. The van der Waals surface area contributed by atoms with Crippen LogP contribution in [0, 0.1) is 6.92 Å². The highest BCUT2D eigenvalue weighted by atomic mass is 16.5. The smallest absolute Gasteiger partial charge is 0.339 e. The van der Waals surface area contributed by atoms with Crippen molar-refractivity contribution in [2.24, 2.45) is 0 Å². The zero-order chi connectivity index (χ0) is 14.3. The van der Waals surface area contributed by atoms with E-state index < -0.39 is 5.97 Å². The molecule has 0 unspecified atom stereocenters. The van der Waals surface area contributed by atoms with Gasteiger partial charge in [0.05, 0.1) is 6.61 Å². The van der Waals surface area contributed by atoms with E-state index in [-0.39, 0.29) is 23.8 Å². The highest BCUT2D eigenvalue weighted by Gasteiger charge is 2.12. The predicted molar refractivity (Wildman–Crippen MR) is 68.5 cm³/mol. The minimum absolute atomic E-state index is 0.0373. The van der Waals surface area contributed by atoms with Gasteiger partial charge in [0, 0.05) is 13.7 Å². The number of carboxylic acid groups (broad SMARTS) is 1. The first-order valence-corrected chi connectivity index (χ1v) is 5.77. The lowest BCUT2D eigenvalue weighted by Crippen LogP contribution is -2.31. The summed E-state index contributed by atoms with van der Waals surface area (Å²) in [5.41, 5.74) is 0.898. The number of hydrogen-bond acceptors (Lipinski definition) is 4. The molecular weight excluding hydrogens is 250 g/mol. The topological polar surface area (TPSA) is 84.9 Å². The van der Waals surface area contributed by atoms with E-state index in [0.717, 1.165) is 5.56 Å². The lowest BCUT2D eigenvalue weighted by molar-refractivity contribution is -0.123. The van der Waals surface area contributed by atoms with Crippen molar-refractivity contribution in [3.8, 4) is 5.75 Å². The molecule has 6 heteroatoms. The van der Waals surface area contributed by atoms with Crippen LogP contribution < -0.4 is 10.1 Å². The van der Waals surface area contributed by atoms with Crippen molar-refractivity contribution < 1.29 is 24.2 Å². The molecule has 104 valence electrons. The Kier molecular flexibility index (Phi) is 5.81. The number of amides is 1. The van der Waals surface area contributed by atoms with E-state index in [4.69, 9.17) is 14.6 Å². The molecule has 0 spiro atoms. The van der Waals surface area contributed by atoms with Gasteiger partial charge in [0.1, 0.15) is 11.3 Å². The number of carbonyl (C=O) groups excluding carboxylic acids is 1. The van der Waals surface area contributed by atoms with E-state index >= 15 is 0 Å². The highest BCUT2D eigenvalue weighted by molar-refractivity contribution is 5.91. The van der Waals surface area contributed by atoms with E-state index in [9.17, 15) is 9.59 Å². The van der Waals surface area contributed by atoms with Gasteiger partial charge in [0.15, 0.2) is 6.61 Å². The van der Waals surface area contributed by atoms with E-state index in [1.807, 2.05) is 6.92 Å². The first-order chi connectivity index (χ1) is 9.04. The summed E-state index contributed by atoms with van der Waals surface area (Å²) < 4.78 is 10.0. The summed E-state index contributed by atoms with van der Waals surface area (Å²) in [4.78, 5) is 22.4. The molecule has 0 saturated heterocycles. The Labute approximate surface area is 111 Å². The molecule has 0 saturated carbocycles. The van der Waals surface area contributed by atoms with Gasteiger partial charge in [-0.1, -0.05) is 6.07 Å². The van der Waals surface area contributed by atoms with Crippen molar-refractivity contribution in [1.82, 2.24) is 5.32 Å². The van der Waals surface area contributed by atoms with E-state index in [1.165, 1.54) is 13.2 Å². The third-order valence-corrected chi connectivity index (χ3v) is 2.35. The summed E-state index contributed by atoms with van der Waals surface area (Å²) in [6.07, 6.45) is 0. The Morgan fingerprint density at radius 2 is 2.11 bits per heavy atom. The summed E-state index contributed by atoms with van der Waals surface area (Å²) in [5.74, 6) is -1.22. The first kappa shape index (κ1) is 15.0. The molecule has 19 heavy (non-hydrogen) atoms. The van der Waals surface area contributed by atoms with Crippen LogP contribution in [-0.4, -0.2) is 43.9 Å². The molecule has 1 aromatic carbocycles. The average molecular weight is 267 g/mol. The first-order valence-electron chi connectivity index (χ1n) is 5.77. The fourth-order valence-corrected chi connectivity index (χ4v) is 1.41. The molecule has 0 radical (unpaired) electrons. The Morgan fingerprint density at radius 3 is 2.74 bits per heavy atom. The molecule has 0 atom stereocenters. The molecule has 0 aliphatic carbocycles. The quantitative estimate of drug-likeness (QED) is 0.715. The monoisotopic (exact) mass is 267 g/mol. The zero-order valence-electron chi connectivity index (χ0n) is 10.9. The minimum atomic E-state index is -1.09. The van der Waals surface area contributed by atoms with Crippen molar-refractivity contribution in [3.05, 3.63) is 29.3 Å². The summed E-state index contributed by atoms with van der Waals surface area (Å²) in [5, 5.41) is 11.6. The number of methoxy groups -OCH3 is 1. The van der Waals surface area contributed by atoms with Gasteiger partial charge in [-0.15, -0.1) is 0 Å². The van der Waals surface area contributed by atoms with Crippen molar-refractivity contribution in [3.63, 3.8) is 0 Å². The SMILES string of the molecule is COCCNC(=O)COc1cc(C)ccc1C(=O)O. The fourth-order valence-electron chi connectivity index (χ4n) is 1.41. The largest absolute Gasteiger partial charge is 0.483 e. The maximum atomic E-state index is 11.4. The third kappa shape index (κ3) is 4.97. The van der Waals surface area contributed by atoms with Crippen molar-refractivity contribution in [1.29, 1.82) is 0 Å². The van der Waals surface area contributed by atoms with Gasteiger partial charge in [-0.2, -0.15) is 0 Å². The molecule has 1 aromatic rings. The zero-order valence-corrected chi connectivity index (χ0v) is 10.9. The number of hydrogen-bond donors (Lipinski definition) is 2. The summed E-state index contributed by atoms with van der Waals surface area (Å²) >= 11 is 0. The summed E-state index contributed by atoms with van der Waals surface area (Å²) in [6.45, 7) is 2.39. The van der Waals surface area contributed by atoms with Crippen LogP contribution in [0.5, 0.6) is 5.75 Å². The minimum Gasteiger partial charge on any atom is -0.483 e. The van der Waals surface area contributed by atoms with Crippen LogP contribution in [0.4, 0.5) is 0 Å². The highest BCUT2D eigenvalue weighted by Crippen LogP contribution is 2.20. The molecule has 0 heterocycles. The van der Waals surface area contributed by atoms with Gasteiger partial charge >= 0.3 is 5.97 Å². The average Bonchev–Trinajstić information content (AvgIpc) is 2.36. The van der Waals surface area contributed by atoms with E-state index in [2.05, 4.69) is 5.32 Å². The molecular formula is C13H17NO5. The Bertz CT molecular complexity index is 458. The van der Waals surface area contributed by atoms with Crippen LogP contribution in [0.3, 0.4) is 0 Å². The lowest BCUT2D eigenvalue weighted by Gasteiger charge is -2.10. The number of aromatic carboxylic acids is 1. The summed E-state index contributed by atoms with van der Waals surface area (Å²) in [6, 6.07) is 4.72. The molecule has 2 N–H and O–H groups in total. The second kappa shape index (κ2) is 7.38. The maximum absolute atomic E-state index is 11.4. The number of carbonyl (C=O) groups is 2. The predicted octanol–water partition coefficient (Wildman–Crippen LogP) is 0.835. The third-order valence-electron chi connectivity index (χ3n) is 2.35. The van der Waals surface area contributed by atoms with Crippen LogP contribution in [0.1, 0.15) is 15.9 Å². The van der Waals surface area contributed by atoms with Gasteiger partial charge in [-0.25, -0.2) is 4.79 Å². The van der Waals surface area contributed by atoms with E-state index in [0.29, 0.717) is 13.2 Å². The van der Waals surface area contributed by atoms with Crippen molar-refractivity contribution >= 4 is 11.9 Å². The van der Waals surface area contributed by atoms with Gasteiger partial charge in [-0.3, -0.25) is 4.79 Å². The number of carboxylic acids is 1. The molecule has 0 bridgehead atoms. The van der Waals surface area contributed by atoms with Gasteiger partial charge in [0.25, 0.3) is 5.91 Å². The lowest BCUT2D eigenvalue weighted by atomic mass is 10.1. The van der Waals surface area contributed by atoms with Gasteiger partial charge < -0.3 is 19.9 Å². The molecule has 1 amide bonds. The number of ether oxygens (including phenoxy) is 2. The van der Waals surface area contributed by atoms with E-state index in [1.54, 1.807) is 12.1 Å². The number of rotatable bonds is 7. The van der Waals surface area contributed by atoms with Crippen molar-refractivity contribution in [2.75, 3.05) is 26.9 Å². The molecule has 0 aliphatic heterocycles. The standard InChI is InChI=1S/C13H17NO5/c1-9-3-4-10(13(16)17)11(7-9)19-8-12(15)14-5-6-18-2/h3-4,7H,5-6,8H2,1-2H3,(H,14,15)(H,16,17). The van der Waals surface area contributed by atoms with Gasteiger partial charge in [0.2, 0.25) is 0 Å². The number of aryl methyl sites for hydroxylation is 1. The molecule has 6 nitrogen and oxygen atoms in total. The van der Waals surface area contributed by atoms with Crippen LogP contribution in [-0.2, 0) is 9.53 Å². The van der Waals surface area contributed by atoms with Crippen molar-refractivity contribution in [2.45, 2.75) is 6.92 Å². The Hall–Kier alpha value is -2.08. The van der Waals surface area contributed by atoms with Crippen LogP contribution in [0.25, 0.3) is 0 Å². The van der Waals surface area contributed by atoms with Crippen LogP contribution in [0.15, 0.2) is 18.2 Å². The molecule has 0 aromatic heterocycles. The second-order valence-corrected chi connectivity index (χ2v) is 3.94.